The molecule has 2 nitrogen and oxygen atoms in total. The topological polar surface area (TPSA) is 15.3 Å². The zero-order valence-electron chi connectivity index (χ0n) is 12.0. The molecule has 1 N–H and O–H groups in total. The number of alkyl halides is 3. The highest BCUT2D eigenvalue weighted by Gasteiger charge is 2.31. The first-order valence-electron chi connectivity index (χ1n) is 6.80. The van der Waals surface area contributed by atoms with E-state index in [0.29, 0.717) is 12.6 Å². The van der Waals surface area contributed by atoms with E-state index in [0.717, 1.165) is 25.8 Å². The summed E-state index contributed by atoms with van der Waals surface area (Å²) in [7, 11) is 0. The van der Waals surface area contributed by atoms with Gasteiger partial charge in [-0.15, -0.1) is 0 Å². The van der Waals surface area contributed by atoms with Crippen LogP contribution in [0.2, 0.25) is 0 Å². The smallest absolute Gasteiger partial charge is 0.315 e. The fourth-order valence-electron chi connectivity index (χ4n) is 1.97. The Morgan fingerprint density at radius 3 is 2.17 bits per heavy atom. The molecule has 0 bridgehead atoms. The van der Waals surface area contributed by atoms with Gasteiger partial charge in [-0.05, 0) is 46.7 Å². The number of unbranched alkanes of at least 4 members (excludes halogenated alkanes) is 1. The molecule has 0 aliphatic heterocycles. The summed E-state index contributed by atoms with van der Waals surface area (Å²) in [4.78, 5) is 1.50. The normalized spacial score (nSPS) is 14.5. The molecule has 0 amide bonds. The summed E-state index contributed by atoms with van der Waals surface area (Å²) in [6.45, 7) is 8.45. The lowest BCUT2D eigenvalue weighted by Crippen LogP contribution is -2.39. The molecule has 0 aromatic carbocycles. The van der Waals surface area contributed by atoms with Gasteiger partial charge in [-0.25, -0.2) is 0 Å². The van der Waals surface area contributed by atoms with E-state index in [1.165, 1.54) is 4.90 Å². The van der Waals surface area contributed by atoms with E-state index in [9.17, 15) is 13.2 Å². The van der Waals surface area contributed by atoms with Gasteiger partial charge in [0.2, 0.25) is 0 Å². The van der Waals surface area contributed by atoms with Crippen LogP contribution in [0.4, 0.5) is 13.2 Å². The second-order valence-electron chi connectivity index (χ2n) is 5.13. The lowest BCUT2D eigenvalue weighted by atomic mass is 10.1. The molecule has 1 unspecified atom stereocenters. The zero-order chi connectivity index (χ0) is 14.2. The third-order valence-electron chi connectivity index (χ3n) is 3.00. The fraction of sp³-hybridized carbons (Fsp3) is 1.00. The standard InChI is InChI=1S/C13H27F3N2/c1-5-17-12(4)8-6-7-9-18(11(2)3)10-13(14,15)16/h11-12,17H,5-10H2,1-4H3. The molecule has 0 aromatic rings. The van der Waals surface area contributed by atoms with Gasteiger partial charge in [0.1, 0.15) is 0 Å². The lowest BCUT2D eigenvalue weighted by molar-refractivity contribution is -0.149. The van der Waals surface area contributed by atoms with Crippen molar-refractivity contribution in [3.05, 3.63) is 0 Å². The van der Waals surface area contributed by atoms with Crippen LogP contribution in [0, 0.1) is 0 Å². The maximum atomic E-state index is 12.4. The van der Waals surface area contributed by atoms with Crippen LogP contribution in [0.1, 0.15) is 47.0 Å². The predicted octanol–water partition coefficient (Wildman–Crippen LogP) is 3.43. The van der Waals surface area contributed by atoms with Crippen LogP contribution >= 0.6 is 0 Å². The molecule has 0 radical (unpaired) electrons. The number of hydrogen-bond donors (Lipinski definition) is 1. The predicted molar refractivity (Wildman–Crippen MR) is 69.8 cm³/mol. The number of nitrogens with one attached hydrogen (secondary N) is 1. The number of halogens is 3. The molecule has 0 aromatic heterocycles. The Morgan fingerprint density at radius 2 is 1.72 bits per heavy atom. The molecule has 0 heterocycles. The van der Waals surface area contributed by atoms with Crippen LogP contribution in [0.3, 0.4) is 0 Å². The van der Waals surface area contributed by atoms with E-state index in [1.807, 2.05) is 13.8 Å². The van der Waals surface area contributed by atoms with E-state index in [1.54, 1.807) is 0 Å². The molecule has 0 rings (SSSR count). The van der Waals surface area contributed by atoms with Gasteiger partial charge >= 0.3 is 6.18 Å². The quantitative estimate of drug-likeness (QED) is 0.645. The molecule has 0 spiro atoms. The Morgan fingerprint density at radius 1 is 1.11 bits per heavy atom. The van der Waals surface area contributed by atoms with Gasteiger partial charge in [0, 0.05) is 12.1 Å². The molecular weight excluding hydrogens is 241 g/mol. The Labute approximate surface area is 109 Å². The highest BCUT2D eigenvalue weighted by molar-refractivity contribution is 4.68. The molecule has 0 saturated heterocycles. The fourth-order valence-corrected chi connectivity index (χ4v) is 1.97. The number of rotatable bonds is 9. The van der Waals surface area contributed by atoms with Crippen molar-refractivity contribution in [2.45, 2.75) is 65.2 Å². The highest BCUT2D eigenvalue weighted by atomic mass is 19.4. The van der Waals surface area contributed by atoms with E-state index in [-0.39, 0.29) is 6.04 Å². The minimum absolute atomic E-state index is 0.0576. The zero-order valence-corrected chi connectivity index (χ0v) is 12.0. The second-order valence-corrected chi connectivity index (χ2v) is 5.13. The van der Waals surface area contributed by atoms with Gasteiger partial charge in [-0.2, -0.15) is 13.2 Å². The molecule has 110 valence electrons. The van der Waals surface area contributed by atoms with Crippen molar-refractivity contribution >= 4 is 0 Å². The first kappa shape index (κ1) is 17.7. The molecule has 0 aliphatic rings. The van der Waals surface area contributed by atoms with Crippen molar-refractivity contribution in [3.8, 4) is 0 Å². The van der Waals surface area contributed by atoms with Gasteiger partial charge in [0.05, 0.1) is 6.54 Å². The third-order valence-corrected chi connectivity index (χ3v) is 3.00. The maximum absolute atomic E-state index is 12.4. The van der Waals surface area contributed by atoms with Crippen molar-refractivity contribution < 1.29 is 13.2 Å². The highest BCUT2D eigenvalue weighted by Crippen LogP contribution is 2.18. The van der Waals surface area contributed by atoms with Gasteiger partial charge in [0.25, 0.3) is 0 Å². The molecule has 0 saturated carbocycles. The van der Waals surface area contributed by atoms with Crippen molar-refractivity contribution in [1.82, 2.24) is 10.2 Å². The van der Waals surface area contributed by atoms with Gasteiger partial charge < -0.3 is 5.32 Å². The molecule has 18 heavy (non-hydrogen) atoms. The van der Waals surface area contributed by atoms with Crippen molar-refractivity contribution in [1.29, 1.82) is 0 Å². The minimum atomic E-state index is -4.10. The Bertz CT molecular complexity index is 205. The summed E-state index contributed by atoms with van der Waals surface area (Å²) < 4.78 is 37.1. The number of nitrogens with zero attached hydrogens (tertiary/aromatic N) is 1. The first-order chi connectivity index (χ1) is 8.26. The monoisotopic (exact) mass is 268 g/mol. The molecule has 5 heteroatoms. The largest absolute Gasteiger partial charge is 0.401 e. The van der Waals surface area contributed by atoms with Crippen LogP contribution in [0.15, 0.2) is 0 Å². The van der Waals surface area contributed by atoms with Crippen LogP contribution in [0.25, 0.3) is 0 Å². The SMILES string of the molecule is CCNC(C)CCCCN(CC(F)(F)F)C(C)C. The Balaban J connectivity index is 3.85. The molecule has 0 aliphatic carbocycles. The summed E-state index contributed by atoms with van der Waals surface area (Å²) in [6.07, 6.45) is -1.29. The van der Waals surface area contributed by atoms with Gasteiger partial charge in [-0.3, -0.25) is 4.90 Å². The summed E-state index contributed by atoms with van der Waals surface area (Å²) >= 11 is 0. The molecule has 0 fully saturated rings. The van der Waals surface area contributed by atoms with Gasteiger partial charge in [-0.1, -0.05) is 13.3 Å². The summed E-state index contributed by atoms with van der Waals surface area (Å²) in [5, 5.41) is 3.30. The van der Waals surface area contributed by atoms with Crippen LogP contribution in [-0.4, -0.2) is 42.8 Å². The van der Waals surface area contributed by atoms with Crippen molar-refractivity contribution in [2.24, 2.45) is 0 Å². The molecular formula is C13H27F3N2. The third kappa shape index (κ3) is 9.71. The number of hydrogen-bond acceptors (Lipinski definition) is 2. The van der Waals surface area contributed by atoms with E-state index >= 15 is 0 Å². The average molecular weight is 268 g/mol. The summed E-state index contributed by atoms with van der Waals surface area (Å²) in [5.41, 5.74) is 0. The van der Waals surface area contributed by atoms with Crippen LogP contribution < -0.4 is 5.32 Å². The summed E-state index contributed by atoms with van der Waals surface area (Å²) in [5.74, 6) is 0. The average Bonchev–Trinajstić information content (AvgIpc) is 2.21. The minimum Gasteiger partial charge on any atom is -0.315 e. The first-order valence-corrected chi connectivity index (χ1v) is 6.80. The van der Waals surface area contributed by atoms with E-state index in [4.69, 9.17) is 0 Å². The Kier molecular flexibility index (Phi) is 8.61. The Hall–Kier alpha value is -0.290. The van der Waals surface area contributed by atoms with Crippen LogP contribution in [0.5, 0.6) is 0 Å². The lowest BCUT2D eigenvalue weighted by Gasteiger charge is -2.27. The van der Waals surface area contributed by atoms with Gasteiger partial charge in [0.15, 0.2) is 0 Å². The molecule has 1 atom stereocenters. The summed E-state index contributed by atoms with van der Waals surface area (Å²) in [6, 6.07) is 0.392. The van der Waals surface area contributed by atoms with E-state index < -0.39 is 12.7 Å². The van der Waals surface area contributed by atoms with E-state index in [2.05, 4.69) is 19.2 Å². The van der Waals surface area contributed by atoms with Crippen LogP contribution in [-0.2, 0) is 0 Å². The second kappa shape index (κ2) is 8.75. The van der Waals surface area contributed by atoms with Crippen molar-refractivity contribution in [3.63, 3.8) is 0 Å². The van der Waals surface area contributed by atoms with Crippen molar-refractivity contribution in [2.75, 3.05) is 19.6 Å². The maximum Gasteiger partial charge on any atom is 0.401 e.